The molecule has 1 saturated heterocycles. The molecule has 0 saturated carbocycles. The van der Waals surface area contributed by atoms with Gasteiger partial charge in [0.05, 0.1) is 27.7 Å². The molecule has 4 N–H and O–H groups in total. The molecule has 2 aromatic heterocycles. The fourth-order valence-corrected chi connectivity index (χ4v) is 4.22. The Hall–Kier alpha value is -4.16. The van der Waals surface area contributed by atoms with Gasteiger partial charge in [-0.1, -0.05) is 35.9 Å². The molecular weight excluding hydrogens is 428 g/mol. The van der Waals surface area contributed by atoms with Gasteiger partial charge in [0, 0.05) is 6.54 Å². The standard InChI is InChI=1S/C22H17ClN8O/c23-14-7-4-8-15-17(14)21(32)31(12-5-2-1-3-6-12)20(27-15)16-9-10-30(16)19-13(11-24)18(25)28-22(26)29-19/h1-8,16H,9-10H2,(H4,25,26,28,29). The summed E-state index contributed by atoms with van der Waals surface area (Å²) in [6, 6.07) is 16.1. The molecule has 1 aliphatic heterocycles. The molecule has 1 atom stereocenters. The summed E-state index contributed by atoms with van der Waals surface area (Å²) >= 11 is 6.36. The second-order valence-electron chi connectivity index (χ2n) is 7.36. The molecule has 5 rings (SSSR count). The second-order valence-corrected chi connectivity index (χ2v) is 7.76. The van der Waals surface area contributed by atoms with Crippen molar-refractivity contribution in [2.75, 3.05) is 22.9 Å². The van der Waals surface area contributed by atoms with Crippen molar-refractivity contribution in [3.63, 3.8) is 0 Å². The highest BCUT2D eigenvalue weighted by Gasteiger charge is 2.37. The molecular formula is C22H17ClN8O. The molecule has 2 aromatic carbocycles. The van der Waals surface area contributed by atoms with Gasteiger partial charge in [-0.05, 0) is 30.7 Å². The number of nitrogen functional groups attached to an aromatic ring is 2. The molecule has 9 nitrogen and oxygen atoms in total. The number of hydrogen-bond acceptors (Lipinski definition) is 8. The second kappa shape index (κ2) is 7.51. The van der Waals surface area contributed by atoms with Gasteiger partial charge in [-0.2, -0.15) is 15.2 Å². The molecule has 1 unspecified atom stereocenters. The van der Waals surface area contributed by atoms with E-state index in [0.717, 1.165) is 0 Å². The van der Waals surface area contributed by atoms with Crippen molar-refractivity contribution in [1.82, 2.24) is 19.5 Å². The number of nitrogens with zero attached hydrogens (tertiary/aromatic N) is 6. The normalized spacial score (nSPS) is 15.4. The van der Waals surface area contributed by atoms with Crippen LogP contribution in [0.5, 0.6) is 0 Å². The molecule has 32 heavy (non-hydrogen) atoms. The zero-order valence-corrected chi connectivity index (χ0v) is 17.5. The number of benzene rings is 2. The molecule has 0 bridgehead atoms. The van der Waals surface area contributed by atoms with Crippen LogP contribution in [0.2, 0.25) is 5.02 Å². The third-order valence-electron chi connectivity index (χ3n) is 5.52. The molecule has 1 aliphatic rings. The Morgan fingerprint density at radius 1 is 1.06 bits per heavy atom. The average Bonchev–Trinajstić information content (AvgIpc) is 2.73. The first-order valence-electron chi connectivity index (χ1n) is 9.86. The quantitative estimate of drug-likeness (QED) is 0.491. The first-order valence-corrected chi connectivity index (χ1v) is 10.2. The van der Waals surface area contributed by atoms with Crippen molar-refractivity contribution < 1.29 is 0 Å². The van der Waals surface area contributed by atoms with Crippen LogP contribution in [0, 0.1) is 11.3 Å². The maximum absolute atomic E-state index is 13.6. The number of nitrogens with two attached hydrogens (primary N) is 2. The molecule has 0 aliphatic carbocycles. The highest BCUT2D eigenvalue weighted by Crippen LogP contribution is 2.39. The zero-order valence-electron chi connectivity index (χ0n) is 16.7. The van der Waals surface area contributed by atoms with Crippen LogP contribution in [-0.2, 0) is 0 Å². The van der Waals surface area contributed by atoms with Crippen molar-refractivity contribution >= 4 is 40.1 Å². The number of anilines is 3. The summed E-state index contributed by atoms with van der Waals surface area (Å²) in [5.41, 5.74) is 12.7. The number of halogens is 1. The predicted molar refractivity (Wildman–Crippen MR) is 123 cm³/mol. The van der Waals surface area contributed by atoms with Crippen LogP contribution in [0.15, 0.2) is 53.3 Å². The van der Waals surface area contributed by atoms with Gasteiger partial charge in [-0.25, -0.2) is 4.98 Å². The molecule has 0 radical (unpaired) electrons. The first-order chi connectivity index (χ1) is 15.5. The minimum atomic E-state index is -0.327. The SMILES string of the molecule is N#Cc1c(N)nc(N)nc1N1CCC1c1nc2cccc(Cl)c2c(=O)n1-c1ccccc1. The zero-order chi connectivity index (χ0) is 22.4. The van der Waals surface area contributed by atoms with Crippen molar-refractivity contribution in [3.8, 4) is 11.8 Å². The van der Waals surface area contributed by atoms with Crippen LogP contribution >= 0.6 is 11.6 Å². The van der Waals surface area contributed by atoms with Gasteiger partial charge in [-0.15, -0.1) is 0 Å². The fraction of sp³-hybridized carbons (Fsp3) is 0.136. The topological polar surface area (TPSA) is 140 Å². The average molecular weight is 445 g/mol. The van der Waals surface area contributed by atoms with E-state index in [9.17, 15) is 10.1 Å². The van der Waals surface area contributed by atoms with Crippen LogP contribution in [0.4, 0.5) is 17.6 Å². The predicted octanol–water partition coefficient (Wildman–Crippen LogP) is 2.82. The van der Waals surface area contributed by atoms with Crippen LogP contribution in [0.3, 0.4) is 0 Å². The monoisotopic (exact) mass is 444 g/mol. The van der Waals surface area contributed by atoms with E-state index in [4.69, 9.17) is 28.1 Å². The molecule has 10 heteroatoms. The van der Waals surface area contributed by atoms with E-state index in [1.807, 2.05) is 35.2 Å². The number of hydrogen-bond donors (Lipinski definition) is 2. The van der Waals surface area contributed by atoms with Crippen molar-refractivity contribution in [1.29, 1.82) is 5.26 Å². The van der Waals surface area contributed by atoms with E-state index in [0.29, 0.717) is 46.2 Å². The Morgan fingerprint density at radius 3 is 2.53 bits per heavy atom. The van der Waals surface area contributed by atoms with Crippen molar-refractivity contribution in [2.45, 2.75) is 12.5 Å². The maximum Gasteiger partial charge on any atom is 0.267 e. The van der Waals surface area contributed by atoms with E-state index in [1.165, 1.54) is 0 Å². The van der Waals surface area contributed by atoms with Crippen LogP contribution in [-0.4, -0.2) is 26.1 Å². The van der Waals surface area contributed by atoms with Crippen LogP contribution < -0.4 is 21.9 Å². The van der Waals surface area contributed by atoms with Gasteiger partial charge in [-0.3, -0.25) is 9.36 Å². The van der Waals surface area contributed by atoms with Gasteiger partial charge in [0.1, 0.15) is 23.3 Å². The molecule has 0 amide bonds. The fourth-order valence-electron chi connectivity index (χ4n) is 3.96. The summed E-state index contributed by atoms with van der Waals surface area (Å²) in [6.45, 7) is 0.591. The van der Waals surface area contributed by atoms with Crippen molar-refractivity contribution in [3.05, 3.63) is 75.3 Å². The van der Waals surface area contributed by atoms with Gasteiger partial charge in [0.2, 0.25) is 5.95 Å². The van der Waals surface area contributed by atoms with Gasteiger partial charge in [0.25, 0.3) is 5.56 Å². The number of nitriles is 1. The number of para-hydroxylation sites is 1. The number of aromatic nitrogens is 4. The molecule has 4 aromatic rings. The summed E-state index contributed by atoms with van der Waals surface area (Å²) in [6.07, 6.45) is 0.694. The highest BCUT2D eigenvalue weighted by molar-refractivity contribution is 6.35. The van der Waals surface area contributed by atoms with Crippen molar-refractivity contribution in [2.24, 2.45) is 0 Å². The summed E-state index contributed by atoms with van der Waals surface area (Å²) < 4.78 is 1.56. The number of rotatable bonds is 3. The first kappa shape index (κ1) is 19.8. The van der Waals surface area contributed by atoms with Crippen LogP contribution in [0.1, 0.15) is 23.9 Å². The summed E-state index contributed by atoms with van der Waals surface area (Å²) in [4.78, 5) is 28.4. The summed E-state index contributed by atoms with van der Waals surface area (Å²) in [7, 11) is 0. The summed E-state index contributed by atoms with van der Waals surface area (Å²) in [5.74, 6) is 0.830. The van der Waals surface area contributed by atoms with E-state index < -0.39 is 0 Å². The lowest BCUT2D eigenvalue weighted by Crippen LogP contribution is -2.45. The highest BCUT2D eigenvalue weighted by atomic mass is 35.5. The number of fused-ring (bicyclic) bond motifs is 1. The van der Waals surface area contributed by atoms with Gasteiger partial charge in [0.15, 0.2) is 5.82 Å². The minimum Gasteiger partial charge on any atom is -0.382 e. The Bertz CT molecular complexity index is 1460. The Morgan fingerprint density at radius 2 is 1.84 bits per heavy atom. The van der Waals surface area contributed by atoms with Crippen LogP contribution in [0.25, 0.3) is 16.6 Å². The lowest BCUT2D eigenvalue weighted by Gasteiger charge is -2.42. The molecule has 158 valence electrons. The van der Waals surface area contributed by atoms with Gasteiger partial charge < -0.3 is 16.4 Å². The molecule has 1 fully saturated rings. The van der Waals surface area contributed by atoms with Gasteiger partial charge >= 0.3 is 0 Å². The third kappa shape index (κ3) is 3.01. The van der Waals surface area contributed by atoms with E-state index in [1.54, 1.807) is 22.8 Å². The minimum absolute atomic E-state index is 0.0133. The van der Waals surface area contributed by atoms with E-state index in [2.05, 4.69) is 16.0 Å². The third-order valence-corrected chi connectivity index (χ3v) is 5.84. The lowest BCUT2D eigenvalue weighted by molar-refractivity contribution is 0.431. The molecule has 0 spiro atoms. The smallest absolute Gasteiger partial charge is 0.267 e. The van der Waals surface area contributed by atoms with E-state index in [-0.39, 0.29) is 28.9 Å². The molecule has 3 heterocycles. The largest absolute Gasteiger partial charge is 0.382 e. The lowest BCUT2D eigenvalue weighted by atomic mass is 10.00. The summed E-state index contributed by atoms with van der Waals surface area (Å²) in [5, 5.41) is 10.3. The Labute approximate surface area is 187 Å². The maximum atomic E-state index is 13.6. The Balaban J connectivity index is 1.75. The Kier molecular flexibility index (Phi) is 4.64. The van der Waals surface area contributed by atoms with E-state index >= 15 is 0 Å².